The van der Waals surface area contributed by atoms with Crippen LogP contribution in [0.15, 0.2) is 46.9 Å². The number of piperidine rings is 1. The van der Waals surface area contributed by atoms with Crippen LogP contribution in [-0.2, 0) is 0 Å². The van der Waals surface area contributed by atoms with Gasteiger partial charge in [-0.1, -0.05) is 29.8 Å². The molecule has 1 N–H and O–H groups in total. The van der Waals surface area contributed by atoms with Gasteiger partial charge >= 0.3 is 0 Å². The van der Waals surface area contributed by atoms with Crippen molar-refractivity contribution in [2.75, 3.05) is 13.1 Å². The summed E-state index contributed by atoms with van der Waals surface area (Å²) in [5, 5.41) is 4.21. The van der Waals surface area contributed by atoms with Crippen LogP contribution in [0.2, 0.25) is 5.02 Å². The second-order valence-corrected chi connectivity index (χ2v) is 6.72. The molecule has 2 atom stereocenters. The molecule has 0 bridgehead atoms. The van der Waals surface area contributed by atoms with E-state index in [1.54, 1.807) is 6.07 Å². The Kier molecular flexibility index (Phi) is 4.63. The SMILES string of the molecule is Fc1ccc(C2CCNCC2c2ccc(Cl)cc2)cc1Br. The van der Waals surface area contributed by atoms with E-state index < -0.39 is 0 Å². The van der Waals surface area contributed by atoms with Gasteiger partial charge in [0.2, 0.25) is 0 Å². The van der Waals surface area contributed by atoms with E-state index in [1.807, 2.05) is 24.3 Å². The summed E-state index contributed by atoms with van der Waals surface area (Å²) < 4.78 is 14.0. The van der Waals surface area contributed by atoms with Crippen molar-refractivity contribution < 1.29 is 4.39 Å². The number of hydrogen-bond acceptors (Lipinski definition) is 1. The zero-order chi connectivity index (χ0) is 14.8. The molecule has 1 heterocycles. The van der Waals surface area contributed by atoms with Gasteiger partial charge in [0, 0.05) is 17.5 Å². The summed E-state index contributed by atoms with van der Waals surface area (Å²) in [5.74, 6) is 0.563. The Labute approximate surface area is 137 Å². The zero-order valence-corrected chi connectivity index (χ0v) is 13.8. The Morgan fingerprint density at radius 3 is 2.48 bits per heavy atom. The van der Waals surface area contributed by atoms with Gasteiger partial charge in [0.15, 0.2) is 0 Å². The third kappa shape index (κ3) is 3.31. The summed E-state index contributed by atoms with van der Waals surface area (Å²) in [7, 11) is 0. The van der Waals surface area contributed by atoms with Crippen LogP contribution in [0.25, 0.3) is 0 Å². The molecule has 1 nitrogen and oxygen atoms in total. The molecule has 1 saturated heterocycles. The molecule has 21 heavy (non-hydrogen) atoms. The van der Waals surface area contributed by atoms with Gasteiger partial charge in [0.1, 0.15) is 5.82 Å². The predicted molar refractivity (Wildman–Crippen MR) is 88.5 cm³/mol. The van der Waals surface area contributed by atoms with Crippen LogP contribution in [0.3, 0.4) is 0 Å². The molecular weight excluding hydrogens is 353 g/mol. The van der Waals surface area contributed by atoms with Gasteiger partial charge in [-0.2, -0.15) is 0 Å². The first-order valence-electron chi connectivity index (χ1n) is 7.06. The maximum atomic E-state index is 13.5. The molecule has 1 aliphatic heterocycles. The topological polar surface area (TPSA) is 12.0 Å². The van der Waals surface area contributed by atoms with Crippen molar-refractivity contribution in [2.45, 2.75) is 18.3 Å². The summed E-state index contributed by atoms with van der Waals surface area (Å²) in [6.45, 7) is 1.92. The first-order valence-corrected chi connectivity index (χ1v) is 8.23. The largest absolute Gasteiger partial charge is 0.316 e. The molecule has 2 aromatic carbocycles. The number of rotatable bonds is 2. The smallest absolute Gasteiger partial charge is 0.137 e. The standard InChI is InChI=1S/C17H16BrClFN/c18-16-9-12(3-6-17(16)20)14-7-8-21-10-15(14)11-1-4-13(19)5-2-11/h1-6,9,14-15,21H,7-8,10H2. The molecule has 0 amide bonds. The van der Waals surface area contributed by atoms with E-state index in [4.69, 9.17) is 11.6 Å². The van der Waals surface area contributed by atoms with Crippen LogP contribution in [0.5, 0.6) is 0 Å². The normalized spacial score (nSPS) is 22.2. The first-order chi connectivity index (χ1) is 10.1. The Bertz CT molecular complexity index is 629. The van der Waals surface area contributed by atoms with E-state index in [9.17, 15) is 4.39 Å². The molecule has 4 heteroatoms. The molecule has 0 saturated carbocycles. The van der Waals surface area contributed by atoms with Crippen molar-refractivity contribution in [3.8, 4) is 0 Å². The molecule has 0 aliphatic carbocycles. The van der Waals surface area contributed by atoms with Crippen molar-refractivity contribution in [2.24, 2.45) is 0 Å². The minimum atomic E-state index is -0.212. The summed E-state index contributed by atoms with van der Waals surface area (Å²) in [6.07, 6.45) is 1.05. The fourth-order valence-electron chi connectivity index (χ4n) is 3.06. The van der Waals surface area contributed by atoms with Gasteiger partial charge in [-0.3, -0.25) is 0 Å². The van der Waals surface area contributed by atoms with E-state index in [0.717, 1.165) is 24.5 Å². The average Bonchev–Trinajstić information content (AvgIpc) is 2.51. The summed E-state index contributed by atoms with van der Waals surface area (Å²) in [4.78, 5) is 0. The third-order valence-electron chi connectivity index (χ3n) is 4.15. The first kappa shape index (κ1) is 15.0. The summed E-state index contributed by atoms with van der Waals surface area (Å²) >= 11 is 9.27. The highest BCUT2D eigenvalue weighted by Gasteiger charge is 2.28. The number of nitrogens with one attached hydrogen (secondary N) is 1. The molecule has 0 aromatic heterocycles. The minimum absolute atomic E-state index is 0.212. The average molecular weight is 369 g/mol. The highest BCUT2D eigenvalue weighted by atomic mass is 79.9. The zero-order valence-electron chi connectivity index (χ0n) is 11.5. The Hall–Kier alpha value is -0.900. The third-order valence-corrected chi connectivity index (χ3v) is 5.01. The van der Waals surface area contributed by atoms with Gasteiger partial charge in [-0.05, 0) is 70.2 Å². The van der Waals surface area contributed by atoms with Crippen LogP contribution in [0.1, 0.15) is 29.4 Å². The highest BCUT2D eigenvalue weighted by Crippen LogP contribution is 2.38. The van der Waals surface area contributed by atoms with Crippen LogP contribution in [0, 0.1) is 5.82 Å². The minimum Gasteiger partial charge on any atom is -0.316 e. The van der Waals surface area contributed by atoms with Crippen LogP contribution >= 0.6 is 27.5 Å². The second kappa shape index (κ2) is 6.47. The van der Waals surface area contributed by atoms with E-state index >= 15 is 0 Å². The van der Waals surface area contributed by atoms with Crippen LogP contribution in [-0.4, -0.2) is 13.1 Å². The van der Waals surface area contributed by atoms with Crippen molar-refractivity contribution in [3.05, 3.63) is 68.9 Å². The van der Waals surface area contributed by atoms with Gasteiger partial charge in [0.05, 0.1) is 4.47 Å². The Morgan fingerprint density at radius 2 is 1.76 bits per heavy atom. The van der Waals surface area contributed by atoms with Gasteiger partial charge in [-0.25, -0.2) is 4.39 Å². The molecule has 110 valence electrons. The van der Waals surface area contributed by atoms with Gasteiger partial charge in [0.25, 0.3) is 0 Å². The Balaban J connectivity index is 1.94. The van der Waals surface area contributed by atoms with Crippen molar-refractivity contribution in [1.29, 1.82) is 0 Å². The maximum absolute atomic E-state index is 13.5. The highest BCUT2D eigenvalue weighted by molar-refractivity contribution is 9.10. The van der Waals surface area contributed by atoms with Crippen molar-refractivity contribution >= 4 is 27.5 Å². The molecule has 1 fully saturated rings. The molecule has 0 radical (unpaired) electrons. The molecule has 0 spiro atoms. The molecule has 2 unspecified atom stereocenters. The second-order valence-electron chi connectivity index (χ2n) is 5.43. The Morgan fingerprint density at radius 1 is 1.05 bits per heavy atom. The number of benzene rings is 2. The van der Waals surface area contributed by atoms with E-state index in [2.05, 4.69) is 33.4 Å². The van der Waals surface area contributed by atoms with Crippen LogP contribution < -0.4 is 5.32 Å². The van der Waals surface area contributed by atoms with E-state index in [-0.39, 0.29) is 5.82 Å². The fraction of sp³-hybridized carbons (Fsp3) is 0.294. The monoisotopic (exact) mass is 367 g/mol. The van der Waals surface area contributed by atoms with E-state index in [0.29, 0.717) is 16.3 Å². The lowest BCUT2D eigenvalue weighted by Gasteiger charge is -2.33. The van der Waals surface area contributed by atoms with Crippen LogP contribution in [0.4, 0.5) is 4.39 Å². The van der Waals surface area contributed by atoms with Gasteiger partial charge in [-0.15, -0.1) is 0 Å². The maximum Gasteiger partial charge on any atom is 0.137 e. The molecule has 2 aromatic rings. The summed E-state index contributed by atoms with van der Waals surface area (Å²) in [5.41, 5.74) is 2.46. The number of halogens is 3. The number of hydrogen-bond donors (Lipinski definition) is 1. The van der Waals surface area contributed by atoms with E-state index in [1.165, 1.54) is 11.1 Å². The summed E-state index contributed by atoms with van der Waals surface area (Å²) in [6, 6.07) is 13.4. The quantitative estimate of drug-likeness (QED) is 0.777. The molecular formula is C17H16BrClFN. The lowest BCUT2D eigenvalue weighted by atomic mass is 9.77. The van der Waals surface area contributed by atoms with Crippen molar-refractivity contribution in [3.63, 3.8) is 0 Å². The lowest BCUT2D eigenvalue weighted by molar-refractivity contribution is 0.403. The lowest BCUT2D eigenvalue weighted by Crippen LogP contribution is -2.34. The fourth-order valence-corrected chi connectivity index (χ4v) is 3.58. The van der Waals surface area contributed by atoms with Crippen molar-refractivity contribution in [1.82, 2.24) is 5.32 Å². The molecule has 3 rings (SSSR count). The van der Waals surface area contributed by atoms with Gasteiger partial charge < -0.3 is 5.32 Å². The predicted octanol–water partition coefficient (Wildman–Crippen LogP) is 5.10. The molecule has 1 aliphatic rings.